The summed E-state index contributed by atoms with van der Waals surface area (Å²) in [5, 5.41) is 5.01. The van der Waals surface area contributed by atoms with Gasteiger partial charge in [-0.1, -0.05) is 12.2 Å². The van der Waals surface area contributed by atoms with Crippen molar-refractivity contribution in [2.24, 2.45) is 23.7 Å². The smallest absolute Gasteiger partial charge is 0.262 e. The molecule has 0 aromatic carbocycles. The van der Waals surface area contributed by atoms with Gasteiger partial charge in [-0.15, -0.1) is 0 Å². The number of carbonyl (C=O) groups is 3. The maximum absolute atomic E-state index is 13.1. The lowest BCUT2D eigenvalue weighted by Gasteiger charge is -2.18. The van der Waals surface area contributed by atoms with E-state index >= 15 is 0 Å². The number of likely N-dealkylation sites (tertiary alicyclic amines) is 1. The van der Waals surface area contributed by atoms with Crippen LogP contribution in [0.4, 0.5) is 8.78 Å². The second-order valence-electron chi connectivity index (χ2n) is 7.11. The molecule has 2 N–H and O–H groups in total. The van der Waals surface area contributed by atoms with Crippen LogP contribution in [-0.2, 0) is 14.4 Å². The highest BCUT2D eigenvalue weighted by molar-refractivity contribution is 6.06. The third kappa shape index (κ3) is 2.35. The highest BCUT2D eigenvalue weighted by Gasteiger charge is 2.59. The second-order valence-corrected chi connectivity index (χ2v) is 7.11. The van der Waals surface area contributed by atoms with Gasteiger partial charge in [-0.05, 0) is 18.3 Å². The third-order valence-corrected chi connectivity index (χ3v) is 5.62. The molecule has 0 aromatic heterocycles. The molecule has 6 nitrogen and oxygen atoms in total. The Bertz CT molecular complexity index is 606. The lowest BCUT2D eigenvalue weighted by atomic mass is 9.85. The van der Waals surface area contributed by atoms with Crippen molar-refractivity contribution in [2.75, 3.05) is 19.6 Å². The molecule has 0 aromatic rings. The van der Waals surface area contributed by atoms with Crippen molar-refractivity contribution in [2.45, 2.75) is 24.8 Å². The van der Waals surface area contributed by atoms with Crippen molar-refractivity contribution in [1.29, 1.82) is 0 Å². The Morgan fingerprint density at radius 1 is 1.25 bits per heavy atom. The minimum Gasteiger partial charge on any atom is -0.353 e. The van der Waals surface area contributed by atoms with Crippen molar-refractivity contribution in [3.05, 3.63) is 12.2 Å². The summed E-state index contributed by atoms with van der Waals surface area (Å²) < 4.78 is 26.2. The third-order valence-electron chi connectivity index (χ3n) is 5.62. The molecule has 0 spiro atoms. The molecular weight excluding hydrogens is 320 g/mol. The van der Waals surface area contributed by atoms with E-state index in [2.05, 4.69) is 10.6 Å². The van der Waals surface area contributed by atoms with Gasteiger partial charge in [0, 0.05) is 19.5 Å². The fourth-order valence-electron chi connectivity index (χ4n) is 4.50. The number of fused-ring (bicyclic) bond motifs is 5. The van der Waals surface area contributed by atoms with E-state index in [9.17, 15) is 23.2 Å². The van der Waals surface area contributed by atoms with E-state index in [0.29, 0.717) is 0 Å². The van der Waals surface area contributed by atoms with Gasteiger partial charge < -0.3 is 5.32 Å². The molecule has 1 saturated carbocycles. The van der Waals surface area contributed by atoms with Gasteiger partial charge in [0.25, 0.3) is 5.92 Å². The average molecular weight is 339 g/mol. The number of nitrogens with one attached hydrogen (secondary N) is 2. The molecule has 2 aliphatic heterocycles. The molecule has 0 radical (unpaired) electrons. The predicted octanol–water partition coefficient (Wildman–Crippen LogP) is -0.0931. The maximum Gasteiger partial charge on any atom is 0.262 e. The van der Waals surface area contributed by atoms with E-state index in [1.165, 1.54) is 4.90 Å². The van der Waals surface area contributed by atoms with E-state index < -0.39 is 30.8 Å². The highest BCUT2D eigenvalue weighted by atomic mass is 19.3. The van der Waals surface area contributed by atoms with Crippen LogP contribution in [0, 0.1) is 23.7 Å². The van der Waals surface area contributed by atoms with Crippen LogP contribution in [-0.4, -0.2) is 54.2 Å². The summed E-state index contributed by atoms with van der Waals surface area (Å²) in [5.41, 5.74) is 0. The number of imide groups is 1. The van der Waals surface area contributed by atoms with Crippen molar-refractivity contribution in [1.82, 2.24) is 15.5 Å². The van der Waals surface area contributed by atoms with E-state index in [-0.39, 0.29) is 48.6 Å². The summed E-state index contributed by atoms with van der Waals surface area (Å²) in [4.78, 5) is 38.0. The van der Waals surface area contributed by atoms with Gasteiger partial charge in [-0.25, -0.2) is 8.78 Å². The Kier molecular flexibility index (Phi) is 3.49. The molecule has 2 aliphatic carbocycles. The van der Waals surface area contributed by atoms with E-state index in [0.717, 1.165) is 6.42 Å². The van der Waals surface area contributed by atoms with Gasteiger partial charge in [-0.3, -0.25) is 24.6 Å². The molecule has 3 fully saturated rings. The molecule has 2 heterocycles. The zero-order chi connectivity index (χ0) is 17.1. The van der Waals surface area contributed by atoms with Crippen LogP contribution in [0.1, 0.15) is 12.8 Å². The van der Waals surface area contributed by atoms with E-state index in [1.807, 2.05) is 12.2 Å². The molecule has 4 aliphatic rings. The molecule has 4 rings (SSSR count). The van der Waals surface area contributed by atoms with Gasteiger partial charge in [0.1, 0.15) is 0 Å². The molecule has 24 heavy (non-hydrogen) atoms. The van der Waals surface area contributed by atoms with Gasteiger partial charge in [0.2, 0.25) is 17.7 Å². The highest BCUT2D eigenvalue weighted by Crippen LogP contribution is 2.52. The Morgan fingerprint density at radius 2 is 1.88 bits per heavy atom. The Hall–Kier alpha value is -1.83. The predicted molar refractivity (Wildman–Crippen MR) is 78.8 cm³/mol. The zero-order valence-electron chi connectivity index (χ0n) is 13.0. The summed E-state index contributed by atoms with van der Waals surface area (Å²) in [6.45, 7) is -0.325. The Morgan fingerprint density at radius 3 is 2.42 bits per heavy atom. The number of carbonyl (C=O) groups excluding carboxylic acids is 3. The molecule has 5 atom stereocenters. The standard InChI is InChI=1S/C16H19F2N3O3/c17-16(18)6-10(20-7-16)13(22)19-3-4-21-14(23)11-8-1-2-9(5-8)12(11)15(21)24/h1-2,8-12,20H,3-7H2,(H,19,22). The number of nitrogens with zero attached hydrogens (tertiary/aromatic N) is 1. The summed E-state index contributed by atoms with van der Waals surface area (Å²) in [5.74, 6) is -3.91. The van der Waals surface area contributed by atoms with Gasteiger partial charge in [0.05, 0.1) is 24.4 Å². The number of hydrogen-bond donors (Lipinski definition) is 2. The Labute approximate surface area is 137 Å². The Balaban J connectivity index is 1.30. The molecular formula is C16H19F2N3O3. The van der Waals surface area contributed by atoms with Crippen LogP contribution in [0.5, 0.6) is 0 Å². The number of halogens is 2. The summed E-state index contributed by atoms with van der Waals surface area (Å²) in [6, 6.07) is -0.926. The van der Waals surface area contributed by atoms with Crippen molar-refractivity contribution in [3.8, 4) is 0 Å². The SMILES string of the molecule is O=C(NCCN1C(=O)C2C3C=CC(C3)C2C1=O)C1CC(F)(F)CN1. The summed E-state index contributed by atoms with van der Waals surface area (Å²) in [6.07, 6.45) is 4.39. The first-order valence-electron chi connectivity index (χ1n) is 8.30. The van der Waals surface area contributed by atoms with E-state index in [4.69, 9.17) is 0 Å². The average Bonchev–Trinajstić information content (AvgIpc) is 3.26. The van der Waals surface area contributed by atoms with Crippen LogP contribution in [0.25, 0.3) is 0 Å². The molecule has 3 amide bonds. The fraction of sp³-hybridized carbons (Fsp3) is 0.688. The monoisotopic (exact) mass is 339 g/mol. The first-order chi connectivity index (χ1) is 11.4. The minimum absolute atomic E-state index is 0.0856. The minimum atomic E-state index is -2.87. The topological polar surface area (TPSA) is 78.5 Å². The van der Waals surface area contributed by atoms with Crippen molar-refractivity contribution >= 4 is 17.7 Å². The first kappa shape index (κ1) is 15.7. The largest absolute Gasteiger partial charge is 0.353 e. The molecule has 130 valence electrons. The summed E-state index contributed by atoms with van der Waals surface area (Å²) in [7, 11) is 0. The summed E-state index contributed by atoms with van der Waals surface area (Å²) >= 11 is 0. The number of rotatable bonds is 4. The van der Waals surface area contributed by atoms with Crippen LogP contribution in [0.2, 0.25) is 0 Å². The van der Waals surface area contributed by atoms with Crippen LogP contribution in [0.15, 0.2) is 12.2 Å². The number of amides is 3. The zero-order valence-corrected chi connectivity index (χ0v) is 13.0. The number of alkyl halides is 2. The van der Waals surface area contributed by atoms with Crippen LogP contribution in [0.3, 0.4) is 0 Å². The molecule has 2 saturated heterocycles. The van der Waals surface area contributed by atoms with Crippen LogP contribution < -0.4 is 10.6 Å². The van der Waals surface area contributed by atoms with Gasteiger partial charge in [0.15, 0.2) is 0 Å². The normalized spacial score (nSPS) is 38.9. The number of allylic oxidation sites excluding steroid dienone is 2. The van der Waals surface area contributed by atoms with Gasteiger partial charge >= 0.3 is 0 Å². The van der Waals surface area contributed by atoms with Gasteiger partial charge in [-0.2, -0.15) is 0 Å². The molecule has 5 unspecified atom stereocenters. The van der Waals surface area contributed by atoms with E-state index in [1.54, 1.807) is 0 Å². The number of hydrogen-bond acceptors (Lipinski definition) is 4. The lowest BCUT2D eigenvalue weighted by molar-refractivity contribution is -0.141. The first-order valence-corrected chi connectivity index (χ1v) is 8.30. The quantitative estimate of drug-likeness (QED) is 0.554. The lowest BCUT2D eigenvalue weighted by Crippen LogP contribution is -2.44. The fourth-order valence-corrected chi connectivity index (χ4v) is 4.50. The maximum atomic E-state index is 13.1. The second kappa shape index (κ2) is 5.34. The van der Waals surface area contributed by atoms with Crippen molar-refractivity contribution in [3.63, 3.8) is 0 Å². The molecule has 2 bridgehead atoms. The molecule has 8 heteroatoms. The van der Waals surface area contributed by atoms with Crippen LogP contribution >= 0.6 is 0 Å². The van der Waals surface area contributed by atoms with Crippen molar-refractivity contribution < 1.29 is 23.2 Å².